The molecule has 0 N–H and O–H groups in total. The van der Waals surface area contributed by atoms with E-state index in [1.165, 1.54) is 41.7 Å². The van der Waals surface area contributed by atoms with Crippen molar-refractivity contribution in [1.82, 2.24) is 4.57 Å². The van der Waals surface area contributed by atoms with Crippen molar-refractivity contribution in [1.29, 1.82) is 0 Å². The van der Waals surface area contributed by atoms with E-state index in [4.69, 9.17) is 4.74 Å². The molecule has 1 amide bonds. The number of hydrogen-bond donors (Lipinski definition) is 0. The molecule has 0 atom stereocenters. The van der Waals surface area contributed by atoms with Crippen molar-refractivity contribution >= 4 is 49.9 Å². The van der Waals surface area contributed by atoms with Crippen molar-refractivity contribution in [3.63, 3.8) is 0 Å². The summed E-state index contributed by atoms with van der Waals surface area (Å²) in [6.45, 7) is 0.883. The first kappa shape index (κ1) is 19.1. The van der Waals surface area contributed by atoms with E-state index < -0.39 is 10.8 Å². The molecule has 0 spiro atoms. The van der Waals surface area contributed by atoms with Gasteiger partial charge in [0.05, 0.1) is 21.7 Å². The van der Waals surface area contributed by atoms with Crippen LogP contribution >= 0.6 is 22.7 Å². The highest BCUT2D eigenvalue weighted by Gasteiger charge is 2.09. The summed E-state index contributed by atoms with van der Waals surface area (Å²) in [4.78, 5) is 27.5. The number of carbonyl (C=O) groups excluding carboxylic acids is 1. The molecule has 27 heavy (non-hydrogen) atoms. The number of halogens is 1. The van der Waals surface area contributed by atoms with Crippen LogP contribution in [-0.4, -0.2) is 29.1 Å². The second-order valence-corrected chi connectivity index (χ2v) is 7.46. The molecule has 3 rings (SSSR count). The van der Waals surface area contributed by atoms with Gasteiger partial charge in [0.25, 0.3) is 5.91 Å². The number of fused-ring (bicyclic) bond motifs is 1. The molecule has 1 aromatic carbocycles. The van der Waals surface area contributed by atoms with E-state index >= 15 is 0 Å². The van der Waals surface area contributed by atoms with Gasteiger partial charge in [-0.05, 0) is 30.3 Å². The van der Waals surface area contributed by atoms with E-state index in [2.05, 4.69) is 4.99 Å². The molecule has 2 aromatic heterocycles. The van der Waals surface area contributed by atoms with E-state index in [0.29, 0.717) is 27.5 Å². The van der Waals surface area contributed by atoms with Gasteiger partial charge in [-0.15, -0.1) is 0 Å². The first-order valence-corrected chi connectivity index (χ1v) is 9.40. The molecule has 2 heterocycles. The second kappa shape index (κ2) is 8.33. The number of nitro groups is 1. The molecule has 0 aliphatic rings. The Morgan fingerprint density at radius 1 is 1.37 bits per heavy atom. The highest BCUT2D eigenvalue weighted by atomic mass is 32.1. The maximum atomic E-state index is 13.5. The average molecular weight is 407 g/mol. The van der Waals surface area contributed by atoms with E-state index in [1.807, 2.05) is 0 Å². The van der Waals surface area contributed by atoms with Gasteiger partial charge in [-0.25, -0.2) is 4.39 Å². The van der Waals surface area contributed by atoms with Crippen LogP contribution in [-0.2, 0) is 16.1 Å². The number of aromatic nitrogens is 1. The minimum Gasteiger partial charge on any atom is -0.383 e. The highest BCUT2D eigenvalue weighted by molar-refractivity contribution is 7.16. The largest absolute Gasteiger partial charge is 0.383 e. The van der Waals surface area contributed by atoms with E-state index in [-0.39, 0.29) is 10.8 Å². The topological polar surface area (TPSA) is 86.7 Å². The van der Waals surface area contributed by atoms with Gasteiger partial charge in [0.2, 0.25) is 0 Å². The van der Waals surface area contributed by atoms with Crippen LogP contribution in [0.25, 0.3) is 16.3 Å². The molecule has 0 fully saturated rings. The van der Waals surface area contributed by atoms with Gasteiger partial charge in [0.15, 0.2) is 4.80 Å². The van der Waals surface area contributed by atoms with Gasteiger partial charge in [-0.3, -0.25) is 14.9 Å². The third-order valence-electron chi connectivity index (χ3n) is 3.55. The normalized spacial score (nSPS) is 12.3. The smallest absolute Gasteiger partial charge is 0.324 e. The molecule has 140 valence electrons. The number of methoxy groups -OCH3 is 1. The lowest BCUT2D eigenvalue weighted by Gasteiger charge is -2.03. The van der Waals surface area contributed by atoms with Crippen molar-refractivity contribution < 1.29 is 18.8 Å². The molecule has 0 saturated heterocycles. The molecule has 0 bridgehead atoms. The summed E-state index contributed by atoms with van der Waals surface area (Å²) in [6, 6.07) is 7.33. The molecule has 0 unspecified atom stereocenters. The van der Waals surface area contributed by atoms with Crippen LogP contribution in [0.15, 0.2) is 41.4 Å². The minimum absolute atomic E-state index is 0.00276. The molecule has 10 heteroatoms. The summed E-state index contributed by atoms with van der Waals surface area (Å²) in [5.41, 5.74) is 0.767. The zero-order chi connectivity index (χ0) is 19.4. The van der Waals surface area contributed by atoms with Gasteiger partial charge in [-0.1, -0.05) is 22.7 Å². The lowest BCUT2D eigenvalue weighted by Crippen LogP contribution is -2.18. The van der Waals surface area contributed by atoms with E-state index in [1.54, 1.807) is 23.8 Å². The molecule has 0 radical (unpaired) electrons. The second-order valence-electron chi connectivity index (χ2n) is 5.36. The van der Waals surface area contributed by atoms with Crippen molar-refractivity contribution in [2.24, 2.45) is 4.99 Å². The average Bonchev–Trinajstić information content (AvgIpc) is 3.22. The number of amides is 1. The molecule has 0 aliphatic heterocycles. The van der Waals surface area contributed by atoms with Gasteiger partial charge in [0, 0.05) is 30.7 Å². The molecule has 0 aliphatic carbocycles. The van der Waals surface area contributed by atoms with Crippen LogP contribution in [0.5, 0.6) is 0 Å². The SMILES string of the molecule is COCCn1c(=NC(=O)C=Cc2ccc([N+](=O)[O-])s2)sc2cc(F)ccc21. The number of carbonyl (C=O) groups is 1. The zero-order valence-electron chi connectivity index (χ0n) is 14.1. The number of rotatable bonds is 6. The first-order chi connectivity index (χ1) is 13.0. The van der Waals surface area contributed by atoms with Gasteiger partial charge in [-0.2, -0.15) is 4.99 Å². The van der Waals surface area contributed by atoms with Crippen LogP contribution in [0.1, 0.15) is 4.88 Å². The predicted octanol–water partition coefficient (Wildman–Crippen LogP) is 3.60. The van der Waals surface area contributed by atoms with Crippen molar-refractivity contribution in [2.45, 2.75) is 6.54 Å². The standard InChI is InChI=1S/C17H14FN3O4S2/c1-25-9-8-20-13-5-2-11(18)10-14(13)27-17(20)19-15(22)6-3-12-4-7-16(26-12)21(23)24/h2-7,10H,8-9H2,1H3. The Labute approximate surface area is 160 Å². The predicted molar refractivity (Wildman–Crippen MR) is 102 cm³/mol. The van der Waals surface area contributed by atoms with Crippen LogP contribution < -0.4 is 4.80 Å². The summed E-state index contributed by atoms with van der Waals surface area (Å²) < 4.78 is 21.0. The lowest BCUT2D eigenvalue weighted by molar-refractivity contribution is -0.380. The molecular weight excluding hydrogens is 393 g/mol. The lowest BCUT2D eigenvalue weighted by atomic mass is 10.3. The maximum absolute atomic E-state index is 13.5. The Bertz CT molecular complexity index is 1100. The Morgan fingerprint density at radius 3 is 2.89 bits per heavy atom. The summed E-state index contributed by atoms with van der Waals surface area (Å²) >= 11 is 2.17. The van der Waals surface area contributed by atoms with Crippen molar-refractivity contribution in [2.75, 3.05) is 13.7 Å². The highest BCUT2D eigenvalue weighted by Crippen LogP contribution is 2.24. The molecule has 7 nitrogen and oxygen atoms in total. The van der Waals surface area contributed by atoms with Gasteiger partial charge in [0.1, 0.15) is 5.82 Å². The molecular formula is C17H14FN3O4S2. The number of hydrogen-bond acceptors (Lipinski definition) is 6. The quantitative estimate of drug-likeness (QED) is 0.355. The number of nitrogens with zero attached hydrogens (tertiary/aromatic N) is 3. The minimum atomic E-state index is -0.510. The summed E-state index contributed by atoms with van der Waals surface area (Å²) in [6.07, 6.45) is 2.73. The number of thiophene rings is 1. The third-order valence-corrected chi connectivity index (χ3v) is 5.60. The maximum Gasteiger partial charge on any atom is 0.324 e. The Balaban J connectivity index is 1.92. The van der Waals surface area contributed by atoms with Crippen molar-refractivity contribution in [3.8, 4) is 0 Å². The van der Waals surface area contributed by atoms with Gasteiger partial charge >= 0.3 is 5.00 Å². The van der Waals surface area contributed by atoms with E-state index in [0.717, 1.165) is 16.9 Å². The summed E-state index contributed by atoms with van der Waals surface area (Å²) in [7, 11) is 1.57. The van der Waals surface area contributed by atoms with Gasteiger partial charge < -0.3 is 9.30 Å². The van der Waals surface area contributed by atoms with Crippen LogP contribution in [0.2, 0.25) is 0 Å². The zero-order valence-corrected chi connectivity index (χ0v) is 15.8. The Kier molecular flexibility index (Phi) is 5.89. The molecule has 0 saturated carbocycles. The summed E-state index contributed by atoms with van der Waals surface area (Å²) in [5, 5.41) is 10.7. The first-order valence-electron chi connectivity index (χ1n) is 7.77. The number of benzene rings is 1. The van der Waals surface area contributed by atoms with Crippen LogP contribution in [0.3, 0.4) is 0 Å². The fourth-order valence-electron chi connectivity index (χ4n) is 2.35. The van der Waals surface area contributed by atoms with Crippen LogP contribution in [0.4, 0.5) is 9.39 Å². The monoisotopic (exact) mass is 407 g/mol. The van der Waals surface area contributed by atoms with Crippen molar-refractivity contribution in [3.05, 3.63) is 62.0 Å². The third kappa shape index (κ3) is 4.54. The van der Waals surface area contributed by atoms with E-state index in [9.17, 15) is 19.3 Å². The fourth-order valence-corrected chi connectivity index (χ4v) is 4.16. The summed E-state index contributed by atoms with van der Waals surface area (Å²) in [5.74, 6) is -0.871. The molecule has 3 aromatic rings. The Hall–Kier alpha value is -2.69. The number of thiazole rings is 1. The fraction of sp³-hybridized carbons (Fsp3) is 0.176. The number of ether oxygens (including phenoxy) is 1. The van der Waals surface area contributed by atoms with Crippen LogP contribution in [0, 0.1) is 15.9 Å². The Morgan fingerprint density at radius 2 is 2.19 bits per heavy atom.